The Balaban J connectivity index is 1.83. The lowest BCUT2D eigenvalue weighted by molar-refractivity contribution is -0.158. The van der Waals surface area contributed by atoms with E-state index in [1.807, 2.05) is 37.3 Å². The first kappa shape index (κ1) is 15.8. The highest BCUT2D eigenvalue weighted by molar-refractivity contribution is 5.84. The van der Waals surface area contributed by atoms with Gasteiger partial charge in [-0.1, -0.05) is 37.3 Å². The SMILES string of the molecule is CC(CNC1CCN(CC(F)(F)F)C1=O)c1ccccc1. The van der Waals surface area contributed by atoms with E-state index < -0.39 is 24.7 Å². The molecule has 1 aliphatic rings. The molecule has 1 amide bonds. The van der Waals surface area contributed by atoms with E-state index in [1.54, 1.807) is 0 Å². The zero-order valence-electron chi connectivity index (χ0n) is 11.9. The van der Waals surface area contributed by atoms with Gasteiger partial charge in [0.15, 0.2) is 0 Å². The molecular formula is C15H19F3N2O. The number of halogens is 3. The molecule has 2 atom stereocenters. The van der Waals surface area contributed by atoms with Crippen LogP contribution in [0.5, 0.6) is 0 Å². The van der Waals surface area contributed by atoms with Gasteiger partial charge in [-0.2, -0.15) is 13.2 Å². The number of hydrogen-bond donors (Lipinski definition) is 1. The quantitative estimate of drug-likeness (QED) is 0.906. The summed E-state index contributed by atoms with van der Waals surface area (Å²) in [5, 5.41) is 3.09. The Hall–Kier alpha value is -1.56. The van der Waals surface area contributed by atoms with Crippen molar-refractivity contribution in [3.63, 3.8) is 0 Å². The molecule has 0 saturated carbocycles. The van der Waals surface area contributed by atoms with Gasteiger partial charge in [-0.05, 0) is 17.9 Å². The molecule has 2 rings (SSSR count). The van der Waals surface area contributed by atoms with Crippen LogP contribution < -0.4 is 5.32 Å². The molecule has 0 spiro atoms. The average molecular weight is 300 g/mol. The fourth-order valence-electron chi connectivity index (χ4n) is 2.52. The number of carbonyl (C=O) groups excluding carboxylic acids is 1. The third kappa shape index (κ3) is 4.46. The highest BCUT2D eigenvalue weighted by atomic mass is 19.4. The van der Waals surface area contributed by atoms with Gasteiger partial charge < -0.3 is 10.2 Å². The molecule has 1 heterocycles. The van der Waals surface area contributed by atoms with Crippen LogP contribution in [0.25, 0.3) is 0 Å². The predicted octanol–water partition coefficient (Wildman–Crippen LogP) is 2.54. The predicted molar refractivity (Wildman–Crippen MR) is 73.9 cm³/mol. The van der Waals surface area contributed by atoms with Crippen molar-refractivity contribution in [3.05, 3.63) is 35.9 Å². The maximum absolute atomic E-state index is 12.3. The van der Waals surface area contributed by atoms with Gasteiger partial charge >= 0.3 is 6.18 Å². The smallest absolute Gasteiger partial charge is 0.332 e. The summed E-state index contributed by atoms with van der Waals surface area (Å²) in [5.74, 6) is -0.247. The van der Waals surface area contributed by atoms with Crippen LogP contribution in [0.1, 0.15) is 24.8 Å². The molecule has 6 heteroatoms. The second kappa shape index (κ2) is 6.47. The van der Waals surface area contributed by atoms with Crippen molar-refractivity contribution in [2.75, 3.05) is 19.6 Å². The Morgan fingerprint density at radius 2 is 2.00 bits per heavy atom. The fraction of sp³-hybridized carbons (Fsp3) is 0.533. The van der Waals surface area contributed by atoms with Gasteiger partial charge in [0.25, 0.3) is 0 Å². The third-order valence-corrected chi connectivity index (χ3v) is 3.71. The van der Waals surface area contributed by atoms with Crippen molar-refractivity contribution in [2.45, 2.75) is 31.5 Å². The molecule has 0 bridgehead atoms. The summed E-state index contributed by atoms with van der Waals surface area (Å²) in [6.45, 7) is 1.60. The highest BCUT2D eigenvalue weighted by Gasteiger charge is 2.39. The topological polar surface area (TPSA) is 32.3 Å². The molecule has 0 aromatic heterocycles. The van der Waals surface area contributed by atoms with Gasteiger partial charge in [0.1, 0.15) is 6.54 Å². The molecule has 1 N–H and O–H groups in total. The molecule has 0 radical (unpaired) electrons. The summed E-state index contributed by atoms with van der Waals surface area (Å²) in [7, 11) is 0. The number of nitrogens with one attached hydrogen (secondary N) is 1. The second-order valence-electron chi connectivity index (χ2n) is 5.44. The molecule has 21 heavy (non-hydrogen) atoms. The molecule has 2 unspecified atom stereocenters. The standard InChI is InChI=1S/C15H19F3N2O/c1-11(12-5-3-2-4-6-12)9-19-13-7-8-20(14(13)21)10-15(16,17)18/h2-6,11,13,19H,7-10H2,1H3. The minimum atomic E-state index is -4.33. The number of amides is 1. The Morgan fingerprint density at radius 1 is 1.33 bits per heavy atom. The number of nitrogens with zero attached hydrogens (tertiary/aromatic N) is 1. The molecule has 1 fully saturated rings. The number of hydrogen-bond acceptors (Lipinski definition) is 2. The fourth-order valence-corrected chi connectivity index (χ4v) is 2.52. The minimum Gasteiger partial charge on any atom is -0.332 e. The molecule has 1 aliphatic heterocycles. The van der Waals surface area contributed by atoms with E-state index in [-0.39, 0.29) is 12.5 Å². The number of carbonyl (C=O) groups is 1. The Bertz CT molecular complexity index is 476. The van der Waals surface area contributed by atoms with Gasteiger partial charge in [-0.3, -0.25) is 4.79 Å². The molecule has 0 aliphatic carbocycles. The van der Waals surface area contributed by atoms with Crippen LogP contribution in [-0.2, 0) is 4.79 Å². The van der Waals surface area contributed by atoms with Gasteiger partial charge in [0, 0.05) is 13.1 Å². The molecular weight excluding hydrogens is 281 g/mol. The van der Waals surface area contributed by atoms with Crippen LogP contribution in [0.15, 0.2) is 30.3 Å². The molecule has 1 aromatic rings. The molecule has 3 nitrogen and oxygen atoms in total. The summed E-state index contributed by atoms with van der Waals surface area (Å²) >= 11 is 0. The van der Waals surface area contributed by atoms with Crippen molar-refractivity contribution in [1.29, 1.82) is 0 Å². The number of rotatable bonds is 5. The van der Waals surface area contributed by atoms with Crippen LogP contribution in [0.2, 0.25) is 0 Å². The summed E-state index contributed by atoms with van der Waals surface area (Å²) in [6, 6.07) is 9.31. The summed E-state index contributed by atoms with van der Waals surface area (Å²) in [5.41, 5.74) is 1.14. The first-order chi connectivity index (χ1) is 9.87. The lowest BCUT2D eigenvalue weighted by atomic mass is 10.0. The summed E-state index contributed by atoms with van der Waals surface area (Å²) in [4.78, 5) is 12.8. The van der Waals surface area contributed by atoms with E-state index in [9.17, 15) is 18.0 Å². The molecule has 116 valence electrons. The lowest BCUT2D eigenvalue weighted by Gasteiger charge is -2.20. The van der Waals surface area contributed by atoms with Crippen molar-refractivity contribution < 1.29 is 18.0 Å². The first-order valence-corrected chi connectivity index (χ1v) is 7.00. The van der Waals surface area contributed by atoms with Crippen molar-refractivity contribution in [1.82, 2.24) is 10.2 Å². The summed E-state index contributed by atoms with van der Waals surface area (Å²) in [6.07, 6.45) is -3.90. The zero-order chi connectivity index (χ0) is 15.5. The zero-order valence-corrected chi connectivity index (χ0v) is 11.9. The normalized spacial score (nSPS) is 20.9. The van der Waals surface area contributed by atoms with E-state index in [4.69, 9.17) is 0 Å². The maximum atomic E-state index is 12.3. The van der Waals surface area contributed by atoms with E-state index in [0.29, 0.717) is 13.0 Å². The highest BCUT2D eigenvalue weighted by Crippen LogP contribution is 2.21. The van der Waals surface area contributed by atoms with Crippen molar-refractivity contribution in [3.8, 4) is 0 Å². The first-order valence-electron chi connectivity index (χ1n) is 7.00. The number of benzene rings is 1. The Kier molecular flexibility index (Phi) is 4.88. The Labute approximate surface area is 122 Å². The van der Waals surface area contributed by atoms with E-state index in [2.05, 4.69) is 5.32 Å². The third-order valence-electron chi connectivity index (χ3n) is 3.71. The lowest BCUT2D eigenvalue weighted by Crippen LogP contribution is -2.42. The Morgan fingerprint density at radius 3 is 2.62 bits per heavy atom. The van der Waals surface area contributed by atoms with Crippen LogP contribution in [-0.4, -0.2) is 42.7 Å². The molecule has 1 saturated heterocycles. The second-order valence-corrected chi connectivity index (χ2v) is 5.44. The van der Waals surface area contributed by atoms with E-state index >= 15 is 0 Å². The van der Waals surface area contributed by atoms with Crippen LogP contribution in [0, 0.1) is 0 Å². The number of alkyl halides is 3. The largest absolute Gasteiger partial charge is 0.406 e. The minimum absolute atomic E-state index is 0.162. The average Bonchev–Trinajstić information content (AvgIpc) is 2.76. The van der Waals surface area contributed by atoms with Gasteiger partial charge in [0.2, 0.25) is 5.91 Å². The number of likely N-dealkylation sites (tertiary alicyclic amines) is 1. The van der Waals surface area contributed by atoms with Crippen LogP contribution in [0.3, 0.4) is 0 Å². The van der Waals surface area contributed by atoms with Gasteiger partial charge in [0.05, 0.1) is 6.04 Å². The van der Waals surface area contributed by atoms with Crippen molar-refractivity contribution >= 4 is 5.91 Å². The van der Waals surface area contributed by atoms with E-state index in [1.165, 1.54) is 0 Å². The monoisotopic (exact) mass is 300 g/mol. The van der Waals surface area contributed by atoms with Crippen molar-refractivity contribution in [2.24, 2.45) is 0 Å². The summed E-state index contributed by atoms with van der Waals surface area (Å²) < 4.78 is 37.0. The van der Waals surface area contributed by atoms with Crippen LogP contribution >= 0.6 is 0 Å². The van der Waals surface area contributed by atoms with Gasteiger partial charge in [-0.25, -0.2) is 0 Å². The van der Waals surface area contributed by atoms with Crippen LogP contribution in [0.4, 0.5) is 13.2 Å². The van der Waals surface area contributed by atoms with E-state index in [0.717, 1.165) is 10.5 Å². The molecule has 1 aromatic carbocycles. The maximum Gasteiger partial charge on any atom is 0.406 e. The van der Waals surface area contributed by atoms with Gasteiger partial charge in [-0.15, -0.1) is 0 Å².